The number of halogens is 2. The molecule has 2 aliphatic carbocycles. The van der Waals surface area contributed by atoms with Crippen molar-refractivity contribution in [2.75, 3.05) is 19.1 Å². The fraction of sp³-hybridized carbons (Fsp3) is 0.440. The monoisotopic (exact) mass is 916 g/mol. The smallest absolute Gasteiger partial charge is 0.227 e. The maximum atomic E-state index is 14.4. The van der Waals surface area contributed by atoms with Crippen LogP contribution in [-0.4, -0.2) is 67.7 Å². The number of nitrogens with one attached hydrogen (secondary N) is 1. The van der Waals surface area contributed by atoms with Crippen molar-refractivity contribution in [3.05, 3.63) is 100.0 Å². The lowest BCUT2D eigenvalue weighted by atomic mass is 10.0. The zero-order valence-corrected chi connectivity index (χ0v) is 38.8. The second-order valence-electron chi connectivity index (χ2n) is 18.2. The van der Waals surface area contributed by atoms with Crippen molar-refractivity contribution in [1.82, 2.24) is 34.7 Å². The van der Waals surface area contributed by atoms with Crippen molar-refractivity contribution in [2.45, 2.75) is 128 Å². The van der Waals surface area contributed by atoms with E-state index in [2.05, 4.69) is 61.2 Å². The van der Waals surface area contributed by atoms with Crippen molar-refractivity contribution in [3.8, 4) is 22.3 Å². The highest BCUT2D eigenvalue weighted by atomic mass is 35.5. The number of carbonyl (C=O) groups excluding carboxylic acids is 2. The molecule has 66 heavy (non-hydrogen) atoms. The molecule has 0 spiro atoms. The number of ether oxygens (including phenoxy) is 2. The third-order valence-corrected chi connectivity index (χ3v) is 14.5. The molecule has 14 nitrogen and oxygen atoms in total. The first-order valence-electron chi connectivity index (χ1n) is 22.9. The Balaban J connectivity index is 0.000000160. The van der Waals surface area contributed by atoms with Gasteiger partial charge in [-0.1, -0.05) is 34.0 Å². The summed E-state index contributed by atoms with van der Waals surface area (Å²) in [5.74, 6) is 2.84. The van der Waals surface area contributed by atoms with Crippen LogP contribution in [0, 0.1) is 33.5 Å². The standard InChI is InChI=1S/C28H28ClFN4O3.C22H26N4O3/c1-15-27(16(2)37-32-15)17-4-9-24-23(12-17)31-28(34(24)18-5-7-20(13-18)36-3)25-10-11-26(35)33(25)19-6-8-21(29)22(30)14-19;1-12-21(13(2)29-25-12)14-4-8-19-18(10-14)24-22(17-7-9-20(27)23-17)26(19)15-5-6-16(11-15)28-3/h4,6,8-9,12,14,18,20,25H,5,7,10-11,13H2,1-3H3;4,8,10,15-17H,5-7,9,11H2,1-3H3,(H,23,27)/t18-,20-,25+;15-,16-,17+/m11/s1. The molecule has 3 aromatic carbocycles. The van der Waals surface area contributed by atoms with E-state index < -0.39 is 5.82 Å². The van der Waals surface area contributed by atoms with E-state index in [0.717, 1.165) is 124 Å². The number of methoxy groups -OCH3 is 2. The molecule has 0 radical (unpaired) electrons. The van der Waals surface area contributed by atoms with Gasteiger partial charge in [0.15, 0.2) is 0 Å². The number of imidazole rings is 2. The van der Waals surface area contributed by atoms with E-state index in [1.165, 1.54) is 12.1 Å². The highest BCUT2D eigenvalue weighted by Crippen LogP contribution is 2.44. The normalized spacial score (nSPS) is 23.1. The summed E-state index contributed by atoms with van der Waals surface area (Å²) < 4.78 is 41.1. The molecular formula is C50H54ClFN8O6. The lowest BCUT2D eigenvalue weighted by molar-refractivity contribution is -0.119. The quantitative estimate of drug-likeness (QED) is 0.148. The maximum Gasteiger partial charge on any atom is 0.227 e. The Hall–Kier alpha value is -5.90. The topological polar surface area (TPSA) is 156 Å². The number of fused-ring (bicyclic) bond motifs is 2. The van der Waals surface area contributed by atoms with Gasteiger partial charge >= 0.3 is 0 Å². The van der Waals surface area contributed by atoms with Crippen LogP contribution in [0.2, 0.25) is 5.02 Å². The molecule has 7 aromatic rings. The van der Waals surface area contributed by atoms with Crippen LogP contribution in [0.4, 0.5) is 10.1 Å². The Morgan fingerprint density at radius 1 is 0.697 bits per heavy atom. The molecule has 6 heterocycles. The molecule has 4 aromatic heterocycles. The van der Waals surface area contributed by atoms with Crippen molar-refractivity contribution < 1.29 is 32.5 Å². The fourth-order valence-corrected chi connectivity index (χ4v) is 11.1. The van der Waals surface area contributed by atoms with Gasteiger partial charge in [-0.15, -0.1) is 0 Å². The van der Waals surface area contributed by atoms with Crippen LogP contribution < -0.4 is 10.2 Å². The summed E-state index contributed by atoms with van der Waals surface area (Å²) >= 11 is 5.93. The van der Waals surface area contributed by atoms with Crippen LogP contribution in [0.5, 0.6) is 0 Å². The largest absolute Gasteiger partial charge is 0.381 e. The van der Waals surface area contributed by atoms with E-state index in [0.29, 0.717) is 31.0 Å². The first-order chi connectivity index (χ1) is 31.9. The molecule has 1 N–H and O–H groups in total. The number of carbonyl (C=O) groups is 2. The van der Waals surface area contributed by atoms with Crippen LogP contribution >= 0.6 is 11.6 Å². The van der Waals surface area contributed by atoms with Crippen molar-refractivity contribution in [2.24, 2.45) is 0 Å². The van der Waals surface area contributed by atoms with E-state index in [1.54, 1.807) is 25.2 Å². The van der Waals surface area contributed by atoms with Crippen LogP contribution in [0.3, 0.4) is 0 Å². The zero-order chi connectivity index (χ0) is 46.0. The maximum absolute atomic E-state index is 14.4. The Kier molecular flexibility index (Phi) is 11.8. The van der Waals surface area contributed by atoms with Crippen molar-refractivity contribution >= 4 is 51.2 Å². The molecule has 4 aliphatic rings. The molecule has 11 rings (SSSR count). The molecule has 4 fully saturated rings. The van der Waals surface area contributed by atoms with Crippen LogP contribution in [0.1, 0.15) is 123 Å². The molecule has 0 bridgehead atoms. The average Bonchev–Trinajstić information content (AvgIpc) is 4.18. The van der Waals surface area contributed by atoms with Gasteiger partial charge in [0, 0.05) is 56.0 Å². The Bertz CT molecular complexity index is 2950. The highest BCUT2D eigenvalue weighted by molar-refractivity contribution is 6.30. The highest BCUT2D eigenvalue weighted by Gasteiger charge is 2.40. The lowest BCUT2D eigenvalue weighted by Crippen LogP contribution is -2.30. The van der Waals surface area contributed by atoms with Gasteiger partial charge in [-0.3, -0.25) is 9.59 Å². The van der Waals surface area contributed by atoms with Gasteiger partial charge in [0.05, 0.1) is 62.8 Å². The second kappa shape index (κ2) is 17.7. The number of aromatic nitrogens is 6. The summed E-state index contributed by atoms with van der Waals surface area (Å²) in [6.07, 6.45) is 8.66. The first-order valence-corrected chi connectivity index (χ1v) is 23.3. The minimum absolute atomic E-state index is 0.0287. The Morgan fingerprint density at radius 3 is 1.74 bits per heavy atom. The van der Waals surface area contributed by atoms with Crippen molar-refractivity contribution in [3.63, 3.8) is 0 Å². The Labute approximate surface area is 386 Å². The van der Waals surface area contributed by atoms with Crippen LogP contribution in [-0.2, 0) is 19.1 Å². The van der Waals surface area contributed by atoms with Gasteiger partial charge in [-0.05, 0) is 133 Å². The minimum atomic E-state index is -0.547. The van der Waals surface area contributed by atoms with E-state index in [4.69, 9.17) is 40.1 Å². The summed E-state index contributed by atoms with van der Waals surface area (Å²) in [6.45, 7) is 7.72. The molecule has 2 saturated carbocycles. The number of aryl methyl sites for hydroxylation is 4. The van der Waals surface area contributed by atoms with Gasteiger partial charge in [-0.2, -0.15) is 0 Å². The van der Waals surface area contributed by atoms with E-state index in [-0.39, 0.29) is 47.2 Å². The minimum Gasteiger partial charge on any atom is -0.381 e. The second-order valence-corrected chi connectivity index (χ2v) is 18.6. The molecule has 2 amide bonds. The molecule has 2 aliphatic heterocycles. The SMILES string of the molecule is CO[C@@H]1CC[C@@H](n2c([C@@H]3CCC(=O)N3)nc3cc(-c4c(C)noc4C)ccc32)C1.CO[C@@H]1CC[C@@H](n2c([C@@H]3CCC(=O)N3c3ccc(Cl)c(F)c3)nc3cc(-c4c(C)noc4C)ccc32)C1. The summed E-state index contributed by atoms with van der Waals surface area (Å²) in [6, 6.07) is 17.3. The number of anilines is 1. The van der Waals surface area contributed by atoms with Crippen molar-refractivity contribution in [1.29, 1.82) is 0 Å². The lowest BCUT2D eigenvalue weighted by Gasteiger charge is -2.27. The number of hydrogen-bond donors (Lipinski definition) is 1. The third-order valence-electron chi connectivity index (χ3n) is 14.2. The zero-order valence-electron chi connectivity index (χ0n) is 38.1. The summed E-state index contributed by atoms with van der Waals surface area (Å²) in [5.41, 5.74) is 10.1. The average molecular weight is 917 g/mol. The first kappa shape index (κ1) is 44.0. The van der Waals surface area contributed by atoms with Crippen LogP contribution in [0.15, 0.2) is 63.6 Å². The van der Waals surface area contributed by atoms with E-state index in [9.17, 15) is 14.0 Å². The van der Waals surface area contributed by atoms with Crippen LogP contribution in [0.25, 0.3) is 44.3 Å². The molecule has 2 saturated heterocycles. The number of nitrogens with zero attached hydrogens (tertiary/aromatic N) is 7. The summed E-state index contributed by atoms with van der Waals surface area (Å²) in [7, 11) is 3.54. The number of benzene rings is 3. The molecule has 0 unspecified atom stereocenters. The molecule has 344 valence electrons. The Morgan fingerprint density at radius 2 is 1.26 bits per heavy atom. The van der Waals surface area contributed by atoms with Gasteiger partial charge < -0.3 is 37.9 Å². The van der Waals surface area contributed by atoms with Gasteiger partial charge in [-0.25, -0.2) is 14.4 Å². The molecule has 16 heteroatoms. The number of hydrogen-bond acceptors (Lipinski definition) is 10. The number of amides is 2. The van der Waals surface area contributed by atoms with E-state index >= 15 is 0 Å². The number of rotatable bonds is 9. The predicted octanol–water partition coefficient (Wildman–Crippen LogP) is 10.7. The van der Waals surface area contributed by atoms with Gasteiger partial charge in [0.2, 0.25) is 11.8 Å². The van der Waals surface area contributed by atoms with E-state index in [1.807, 2.05) is 27.7 Å². The fourth-order valence-electron chi connectivity index (χ4n) is 11.0. The molecule has 6 atom stereocenters. The summed E-state index contributed by atoms with van der Waals surface area (Å²) in [4.78, 5) is 36.8. The van der Waals surface area contributed by atoms with Gasteiger partial charge in [0.25, 0.3) is 0 Å². The molecular weight excluding hydrogens is 863 g/mol. The predicted molar refractivity (Wildman–Crippen MR) is 248 cm³/mol. The summed E-state index contributed by atoms with van der Waals surface area (Å²) in [5, 5.41) is 11.3. The third kappa shape index (κ3) is 7.87. The van der Waals surface area contributed by atoms with Gasteiger partial charge in [0.1, 0.15) is 29.0 Å².